The molecule has 0 radical (unpaired) electrons. The van der Waals surface area contributed by atoms with E-state index in [-0.39, 0.29) is 11.3 Å². The van der Waals surface area contributed by atoms with Gasteiger partial charge in [-0.2, -0.15) is 0 Å². The molecule has 0 saturated carbocycles. The summed E-state index contributed by atoms with van der Waals surface area (Å²) in [6.07, 6.45) is 1.95. The molecule has 1 aromatic heterocycles. The van der Waals surface area contributed by atoms with Crippen molar-refractivity contribution in [3.8, 4) is 5.75 Å². The van der Waals surface area contributed by atoms with Gasteiger partial charge in [-0.3, -0.25) is 9.69 Å². The number of nitrogens with one attached hydrogen (secondary N) is 3. The molecule has 3 rings (SSSR count). The van der Waals surface area contributed by atoms with Gasteiger partial charge in [-0.05, 0) is 29.2 Å². The molecule has 1 amide bonds. The van der Waals surface area contributed by atoms with Crippen molar-refractivity contribution in [1.82, 2.24) is 5.32 Å². The van der Waals surface area contributed by atoms with Crippen LogP contribution >= 0.6 is 0 Å². The standard InChI is InChI=1S/C23H32N4O2/c1-23(2,3)19-7-9-20(10-8-19)29-17-12-25-22(28)18-26-13-15-27(16-14-26)21-6-4-5-11-24-21/h4-11H,12-18H2,1-3H3,(H,25,28)/p+2. The molecule has 1 saturated heterocycles. The zero-order valence-electron chi connectivity index (χ0n) is 17.8. The molecule has 1 aromatic carbocycles. The second-order valence-corrected chi connectivity index (χ2v) is 8.63. The highest BCUT2D eigenvalue weighted by molar-refractivity contribution is 5.76. The minimum Gasteiger partial charge on any atom is -0.492 e. The van der Waals surface area contributed by atoms with Crippen LogP contribution in [0.5, 0.6) is 5.75 Å². The number of aromatic nitrogens is 1. The second-order valence-electron chi connectivity index (χ2n) is 8.63. The molecule has 1 aliphatic heterocycles. The maximum atomic E-state index is 12.2. The van der Waals surface area contributed by atoms with Crippen molar-refractivity contribution >= 4 is 11.7 Å². The van der Waals surface area contributed by atoms with Crippen LogP contribution in [0.4, 0.5) is 5.82 Å². The van der Waals surface area contributed by atoms with E-state index in [0.29, 0.717) is 19.7 Å². The number of anilines is 1. The first-order valence-electron chi connectivity index (χ1n) is 10.5. The zero-order chi connectivity index (χ0) is 20.7. The Kier molecular flexibility index (Phi) is 7.09. The topological polar surface area (TPSA) is 60.1 Å². The number of pyridine rings is 1. The first kappa shape index (κ1) is 21.1. The van der Waals surface area contributed by atoms with Crippen molar-refractivity contribution in [3.05, 3.63) is 54.2 Å². The Morgan fingerprint density at radius 1 is 1.14 bits per heavy atom. The molecule has 156 valence electrons. The van der Waals surface area contributed by atoms with Crippen LogP contribution in [0.25, 0.3) is 0 Å². The maximum Gasteiger partial charge on any atom is 0.275 e. The Balaban J connectivity index is 1.31. The largest absolute Gasteiger partial charge is 0.492 e. The number of amides is 1. The van der Waals surface area contributed by atoms with E-state index >= 15 is 0 Å². The number of benzene rings is 1. The predicted molar refractivity (Wildman–Crippen MR) is 114 cm³/mol. The van der Waals surface area contributed by atoms with E-state index in [1.807, 2.05) is 30.5 Å². The van der Waals surface area contributed by atoms with E-state index in [1.165, 1.54) is 10.5 Å². The Morgan fingerprint density at radius 3 is 2.48 bits per heavy atom. The van der Waals surface area contributed by atoms with E-state index in [0.717, 1.165) is 37.7 Å². The lowest BCUT2D eigenvalue weighted by atomic mass is 9.87. The molecule has 6 heteroatoms. The van der Waals surface area contributed by atoms with Crippen molar-refractivity contribution in [2.75, 3.05) is 50.8 Å². The van der Waals surface area contributed by atoms with Crippen molar-refractivity contribution in [3.63, 3.8) is 0 Å². The van der Waals surface area contributed by atoms with Gasteiger partial charge in [0.05, 0.1) is 12.7 Å². The predicted octanol–water partition coefficient (Wildman–Crippen LogP) is 0.698. The van der Waals surface area contributed by atoms with Crippen LogP contribution in [0.3, 0.4) is 0 Å². The third-order valence-corrected chi connectivity index (χ3v) is 5.33. The summed E-state index contributed by atoms with van der Waals surface area (Å²) in [7, 11) is 0. The van der Waals surface area contributed by atoms with Crippen LogP contribution < -0.4 is 24.8 Å². The molecular formula is C23H34N4O2+2. The summed E-state index contributed by atoms with van der Waals surface area (Å²) >= 11 is 0. The summed E-state index contributed by atoms with van der Waals surface area (Å²) in [5.74, 6) is 2.07. The molecule has 1 aliphatic rings. The first-order chi connectivity index (χ1) is 13.9. The van der Waals surface area contributed by atoms with E-state index < -0.39 is 0 Å². The number of hydrogen-bond donors (Lipinski definition) is 2. The molecule has 2 heterocycles. The number of rotatable bonds is 7. The Bertz CT molecular complexity index is 764. The minimum absolute atomic E-state index is 0.0893. The smallest absolute Gasteiger partial charge is 0.275 e. The number of hydrogen-bond acceptors (Lipinski definition) is 3. The third kappa shape index (κ3) is 6.46. The van der Waals surface area contributed by atoms with Gasteiger partial charge in [-0.25, -0.2) is 4.98 Å². The SMILES string of the molecule is CC(C)(C)c1ccc(OCCNC(=O)C[NH+]2CCN(c3cccc[nH+]3)CC2)cc1. The fourth-order valence-corrected chi connectivity index (χ4v) is 3.52. The second kappa shape index (κ2) is 9.74. The molecular weight excluding hydrogens is 364 g/mol. The Labute approximate surface area is 173 Å². The van der Waals surface area contributed by atoms with Gasteiger partial charge in [-0.15, -0.1) is 0 Å². The molecule has 0 aliphatic carbocycles. The number of ether oxygens (including phenoxy) is 1. The molecule has 0 bridgehead atoms. The maximum absolute atomic E-state index is 12.2. The van der Waals surface area contributed by atoms with Crippen molar-refractivity contribution in [1.29, 1.82) is 0 Å². The summed E-state index contributed by atoms with van der Waals surface area (Å²) < 4.78 is 5.75. The van der Waals surface area contributed by atoms with Gasteiger partial charge in [-0.1, -0.05) is 39.0 Å². The third-order valence-electron chi connectivity index (χ3n) is 5.33. The molecule has 1 fully saturated rings. The quantitative estimate of drug-likeness (QED) is 0.675. The number of H-pyrrole nitrogens is 1. The summed E-state index contributed by atoms with van der Waals surface area (Å²) in [5.41, 5.74) is 1.42. The van der Waals surface area contributed by atoms with E-state index in [9.17, 15) is 4.79 Å². The van der Waals surface area contributed by atoms with Crippen molar-refractivity contribution < 1.29 is 19.4 Å². The highest BCUT2D eigenvalue weighted by Crippen LogP contribution is 2.24. The van der Waals surface area contributed by atoms with Gasteiger partial charge < -0.3 is 15.0 Å². The average Bonchev–Trinajstić information content (AvgIpc) is 2.72. The number of nitrogens with zero attached hydrogens (tertiary/aromatic N) is 1. The van der Waals surface area contributed by atoms with Crippen LogP contribution in [-0.2, 0) is 10.2 Å². The van der Waals surface area contributed by atoms with Gasteiger partial charge in [0.25, 0.3) is 11.7 Å². The van der Waals surface area contributed by atoms with Crippen LogP contribution in [0.15, 0.2) is 48.7 Å². The number of quaternary nitrogens is 1. The normalized spacial score (nSPS) is 15.2. The molecule has 0 unspecified atom stereocenters. The lowest BCUT2D eigenvalue weighted by Gasteiger charge is -2.27. The molecule has 2 aromatic rings. The Hall–Kier alpha value is -2.60. The highest BCUT2D eigenvalue weighted by Gasteiger charge is 2.27. The lowest BCUT2D eigenvalue weighted by Crippen LogP contribution is -3.16. The summed E-state index contributed by atoms with van der Waals surface area (Å²) in [6.45, 7) is 12.0. The van der Waals surface area contributed by atoms with Gasteiger partial charge in [0.2, 0.25) is 0 Å². The average molecular weight is 399 g/mol. The summed E-state index contributed by atoms with van der Waals surface area (Å²) in [5, 5.41) is 2.97. The molecule has 3 N–H and O–H groups in total. The van der Waals surface area contributed by atoms with Gasteiger partial charge in [0.1, 0.15) is 38.5 Å². The zero-order valence-corrected chi connectivity index (χ0v) is 17.8. The van der Waals surface area contributed by atoms with Crippen LogP contribution in [0, 0.1) is 0 Å². The fourth-order valence-electron chi connectivity index (χ4n) is 3.52. The van der Waals surface area contributed by atoms with Gasteiger partial charge in [0, 0.05) is 6.07 Å². The van der Waals surface area contributed by atoms with E-state index in [1.54, 1.807) is 0 Å². The number of aromatic amines is 1. The first-order valence-corrected chi connectivity index (χ1v) is 10.5. The van der Waals surface area contributed by atoms with Crippen molar-refractivity contribution in [2.45, 2.75) is 26.2 Å². The van der Waals surface area contributed by atoms with Gasteiger partial charge in [0.15, 0.2) is 6.54 Å². The molecule has 0 atom stereocenters. The molecule has 0 spiro atoms. The van der Waals surface area contributed by atoms with Crippen LogP contribution in [0.1, 0.15) is 26.3 Å². The van der Waals surface area contributed by atoms with E-state index in [4.69, 9.17) is 4.74 Å². The van der Waals surface area contributed by atoms with Crippen molar-refractivity contribution in [2.24, 2.45) is 0 Å². The fraction of sp³-hybridized carbons (Fsp3) is 0.478. The number of carbonyl (C=O) groups excluding carboxylic acids is 1. The Morgan fingerprint density at radius 2 is 1.86 bits per heavy atom. The molecule has 6 nitrogen and oxygen atoms in total. The lowest BCUT2D eigenvalue weighted by molar-refractivity contribution is -0.892. The highest BCUT2D eigenvalue weighted by atomic mass is 16.5. The summed E-state index contributed by atoms with van der Waals surface area (Å²) in [6, 6.07) is 14.3. The van der Waals surface area contributed by atoms with Gasteiger partial charge >= 0.3 is 0 Å². The summed E-state index contributed by atoms with van der Waals surface area (Å²) in [4.78, 5) is 19.2. The van der Waals surface area contributed by atoms with Crippen LogP contribution in [-0.4, -0.2) is 51.8 Å². The van der Waals surface area contributed by atoms with E-state index in [2.05, 4.69) is 54.2 Å². The molecule has 29 heavy (non-hydrogen) atoms. The van der Waals surface area contributed by atoms with Crippen LogP contribution in [0.2, 0.25) is 0 Å². The number of carbonyl (C=O) groups is 1. The monoisotopic (exact) mass is 398 g/mol. The number of piperazine rings is 1. The minimum atomic E-state index is 0.0893.